The number of nitrogens with zero attached hydrogens (tertiary/aromatic N) is 1. The van der Waals surface area contributed by atoms with Crippen LogP contribution in [0.1, 0.15) is 0 Å². The summed E-state index contributed by atoms with van der Waals surface area (Å²) in [6, 6.07) is 2.98. The minimum atomic E-state index is -4.16. The van der Waals surface area contributed by atoms with E-state index in [2.05, 4.69) is 5.32 Å². The van der Waals surface area contributed by atoms with Crippen LogP contribution < -0.4 is 10.0 Å². The average Bonchev–Trinajstić information content (AvgIpc) is 2.35. The predicted octanol–water partition coefficient (Wildman–Crippen LogP) is 1.18. The molecule has 0 saturated carbocycles. The van der Waals surface area contributed by atoms with Gasteiger partial charge in [-0.1, -0.05) is 0 Å². The molecule has 0 saturated heterocycles. The lowest BCUT2D eigenvalue weighted by Gasteiger charge is -2.10. The Hall–Kier alpha value is -1.81. The number of nitro benzene ring substituents is 1. The molecule has 1 aromatic carbocycles. The number of nitrogens with one attached hydrogen (secondary N) is 2. The molecule has 0 aliphatic rings. The fourth-order valence-corrected chi connectivity index (χ4v) is 2.51. The van der Waals surface area contributed by atoms with Crippen molar-refractivity contribution >= 4 is 21.4 Å². The summed E-state index contributed by atoms with van der Waals surface area (Å²) in [5, 5.41) is 13.0. The lowest BCUT2D eigenvalue weighted by Crippen LogP contribution is -2.29. The van der Waals surface area contributed by atoms with Crippen molar-refractivity contribution in [2.45, 2.75) is 11.3 Å². The average molecular weight is 295 g/mol. The maximum absolute atomic E-state index is 12.0. The van der Waals surface area contributed by atoms with Gasteiger partial charge in [-0.25, -0.2) is 21.9 Å². The largest absolute Gasteiger partial charge is 0.387 e. The van der Waals surface area contributed by atoms with Gasteiger partial charge in [0.1, 0.15) is 4.90 Å². The van der Waals surface area contributed by atoms with Crippen molar-refractivity contribution in [1.82, 2.24) is 4.72 Å². The van der Waals surface area contributed by atoms with Gasteiger partial charge in [-0.15, -0.1) is 0 Å². The van der Waals surface area contributed by atoms with Crippen molar-refractivity contribution < 1.29 is 22.1 Å². The van der Waals surface area contributed by atoms with Gasteiger partial charge in [-0.3, -0.25) is 10.1 Å². The Bertz CT molecular complexity index is 577. The molecule has 0 amide bonds. The maximum atomic E-state index is 12.0. The normalized spacial score (nSPS) is 11.6. The number of hydrogen-bond acceptors (Lipinski definition) is 5. The molecule has 0 fully saturated rings. The van der Waals surface area contributed by atoms with Crippen molar-refractivity contribution in [3.05, 3.63) is 28.3 Å². The van der Waals surface area contributed by atoms with Gasteiger partial charge in [-0.2, -0.15) is 0 Å². The molecule has 0 aliphatic carbocycles. The first-order chi connectivity index (χ1) is 8.77. The maximum Gasteiger partial charge on any atom is 0.271 e. The minimum Gasteiger partial charge on any atom is -0.387 e. The van der Waals surface area contributed by atoms with Crippen molar-refractivity contribution in [2.24, 2.45) is 0 Å². The Morgan fingerprint density at radius 1 is 1.42 bits per heavy atom. The van der Waals surface area contributed by atoms with Gasteiger partial charge in [0.15, 0.2) is 0 Å². The van der Waals surface area contributed by atoms with Gasteiger partial charge in [0.05, 0.1) is 17.2 Å². The standard InChI is InChI=1S/C9H11F2N3O4S/c1-12-7-4-6(14(15)16)2-3-8(7)19(17,18)13-5-9(10)11/h2-4,9,12-13H,5H2,1H3. The van der Waals surface area contributed by atoms with E-state index in [0.29, 0.717) is 0 Å². The highest BCUT2D eigenvalue weighted by Crippen LogP contribution is 2.25. The molecule has 7 nitrogen and oxygen atoms in total. The predicted molar refractivity (Wildman–Crippen MR) is 63.8 cm³/mol. The number of benzene rings is 1. The molecule has 10 heteroatoms. The van der Waals surface area contributed by atoms with E-state index < -0.39 is 27.9 Å². The number of nitro groups is 1. The van der Waals surface area contributed by atoms with Crippen LogP contribution in [-0.2, 0) is 10.0 Å². The Labute approximate surface area is 107 Å². The van der Waals surface area contributed by atoms with Gasteiger partial charge >= 0.3 is 0 Å². The molecule has 19 heavy (non-hydrogen) atoms. The lowest BCUT2D eigenvalue weighted by molar-refractivity contribution is -0.384. The van der Waals surface area contributed by atoms with Crippen LogP contribution in [0.15, 0.2) is 23.1 Å². The SMILES string of the molecule is CNc1cc([N+](=O)[O-])ccc1S(=O)(=O)NCC(F)F. The zero-order valence-corrected chi connectivity index (χ0v) is 10.6. The molecule has 106 valence electrons. The zero-order valence-electron chi connectivity index (χ0n) is 9.76. The van der Waals surface area contributed by atoms with Crippen LogP contribution in [-0.4, -0.2) is 33.4 Å². The molecule has 0 radical (unpaired) electrons. The van der Waals surface area contributed by atoms with Gasteiger partial charge in [0, 0.05) is 19.2 Å². The Morgan fingerprint density at radius 2 is 2.05 bits per heavy atom. The van der Waals surface area contributed by atoms with Crippen molar-refractivity contribution in [2.75, 3.05) is 18.9 Å². The number of rotatable bonds is 6. The lowest BCUT2D eigenvalue weighted by atomic mass is 10.3. The molecule has 0 unspecified atom stereocenters. The van der Waals surface area contributed by atoms with Gasteiger partial charge in [0.2, 0.25) is 10.0 Å². The van der Waals surface area contributed by atoms with Gasteiger partial charge < -0.3 is 5.32 Å². The minimum absolute atomic E-state index is 0.0454. The second-order valence-corrected chi connectivity index (χ2v) is 5.17. The van der Waals surface area contributed by atoms with Gasteiger partial charge in [-0.05, 0) is 6.07 Å². The fourth-order valence-electron chi connectivity index (χ4n) is 1.31. The van der Waals surface area contributed by atoms with E-state index in [0.717, 1.165) is 18.2 Å². The third-order valence-electron chi connectivity index (χ3n) is 2.16. The number of hydrogen-bond donors (Lipinski definition) is 2. The van der Waals surface area contributed by atoms with Crippen molar-refractivity contribution in [1.29, 1.82) is 0 Å². The topological polar surface area (TPSA) is 101 Å². The highest BCUT2D eigenvalue weighted by molar-refractivity contribution is 7.89. The number of anilines is 1. The van der Waals surface area contributed by atoms with Crippen molar-refractivity contribution in [3.63, 3.8) is 0 Å². The van der Waals surface area contributed by atoms with Crippen LogP contribution in [0.3, 0.4) is 0 Å². The smallest absolute Gasteiger partial charge is 0.271 e. The molecule has 2 N–H and O–H groups in total. The number of alkyl halides is 2. The molecule has 1 aromatic rings. The summed E-state index contributed by atoms with van der Waals surface area (Å²) in [5.41, 5.74) is -0.354. The Balaban J connectivity index is 3.16. The molecule has 0 aromatic heterocycles. The monoisotopic (exact) mass is 295 g/mol. The van der Waals surface area contributed by atoms with Crippen LogP contribution in [0, 0.1) is 10.1 Å². The summed E-state index contributed by atoms with van der Waals surface area (Å²) in [4.78, 5) is 9.54. The van der Waals surface area contributed by atoms with E-state index in [9.17, 15) is 27.3 Å². The number of non-ortho nitro benzene ring substituents is 1. The summed E-state index contributed by atoms with van der Waals surface area (Å²) in [5.74, 6) is 0. The van der Waals surface area contributed by atoms with E-state index >= 15 is 0 Å². The van der Waals surface area contributed by atoms with Crippen LogP contribution in [0.5, 0.6) is 0 Å². The highest BCUT2D eigenvalue weighted by atomic mass is 32.2. The molecule has 0 bridgehead atoms. The summed E-state index contributed by atoms with van der Waals surface area (Å²) in [6.07, 6.45) is -2.83. The second-order valence-electron chi connectivity index (χ2n) is 3.43. The summed E-state index contributed by atoms with van der Waals surface area (Å²) >= 11 is 0. The molecular formula is C9H11F2N3O4S. The second kappa shape index (κ2) is 5.89. The van der Waals surface area contributed by atoms with E-state index in [1.54, 1.807) is 4.72 Å². The number of halogens is 2. The fraction of sp³-hybridized carbons (Fsp3) is 0.333. The molecule has 1 rings (SSSR count). The van der Waals surface area contributed by atoms with E-state index in [4.69, 9.17) is 0 Å². The number of sulfonamides is 1. The van der Waals surface area contributed by atoms with E-state index in [1.807, 2.05) is 0 Å². The third-order valence-corrected chi connectivity index (χ3v) is 3.64. The van der Waals surface area contributed by atoms with E-state index in [1.165, 1.54) is 7.05 Å². The van der Waals surface area contributed by atoms with Crippen LogP contribution in [0.2, 0.25) is 0 Å². The zero-order chi connectivity index (χ0) is 14.6. The molecule has 0 aliphatic heterocycles. The Kier molecular flexibility index (Phi) is 4.72. The first-order valence-electron chi connectivity index (χ1n) is 5.02. The van der Waals surface area contributed by atoms with E-state index in [-0.39, 0.29) is 16.3 Å². The van der Waals surface area contributed by atoms with Crippen molar-refractivity contribution in [3.8, 4) is 0 Å². The third kappa shape index (κ3) is 3.83. The Morgan fingerprint density at radius 3 is 2.53 bits per heavy atom. The molecule has 0 atom stereocenters. The van der Waals surface area contributed by atoms with Crippen LogP contribution >= 0.6 is 0 Å². The highest BCUT2D eigenvalue weighted by Gasteiger charge is 2.21. The van der Waals surface area contributed by atoms with Gasteiger partial charge in [0.25, 0.3) is 12.1 Å². The molecular weight excluding hydrogens is 284 g/mol. The molecule has 0 spiro atoms. The van der Waals surface area contributed by atoms with Crippen LogP contribution in [0.4, 0.5) is 20.2 Å². The summed E-state index contributed by atoms with van der Waals surface area (Å²) in [7, 11) is -2.79. The first kappa shape index (κ1) is 15.2. The first-order valence-corrected chi connectivity index (χ1v) is 6.50. The quantitative estimate of drug-likeness (QED) is 0.606. The summed E-state index contributed by atoms with van der Waals surface area (Å²) < 4.78 is 49.2. The molecule has 0 heterocycles. The van der Waals surface area contributed by atoms with Crippen LogP contribution in [0.25, 0.3) is 0 Å². The summed E-state index contributed by atoms with van der Waals surface area (Å²) in [6.45, 7) is -1.03.